The van der Waals surface area contributed by atoms with Gasteiger partial charge in [-0.2, -0.15) is 0 Å². The summed E-state index contributed by atoms with van der Waals surface area (Å²) < 4.78 is 27.8. The van der Waals surface area contributed by atoms with E-state index in [9.17, 15) is 14.3 Å². The highest BCUT2D eigenvalue weighted by Gasteiger charge is 2.26. The lowest BCUT2D eigenvalue weighted by Crippen LogP contribution is -2.32. The van der Waals surface area contributed by atoms with Crippen molar-refractivity contribution in [3.05, 3.63) is 87.7 Å². The van der Waals surface area contributed by atoms with Crippen LogP contribution in [0.1, 0.15) is 52.4 Å². The van der Waals surface area contributed by atoms with Gasteiger partial charge in [0, 0.05) is 24.7 Å². The molecule has 4 aromatic rings. The molecule has 2 aliphatic rings. The number of carboxylic acids is 1. The van der Waals surface area contributed by atoms with Crippen LogP contribution in [0, 0.1) is 18.3 Å². The standard InChI is InChI=1S/C30H27FN4O4S/c1-32-21-10-9-20(23(31)14-21)17-39-28-4-2-3-24(33-28)19-7-5-18(6-8-19)13-27-34-29-25(15-26(40-29)30(36)37)35(27)16-22-11-12-38-22/h2-4,7,9-10,14-15,18,22H,5-6,8,11-13,16-17H2,(H,36,37)/t18?,22-/m0/s1. The van der Waals surface area contributed by atoms with Crippen LogP contribution >= 0.6 is 11.3 Å². The molecule has 0 radical (unpaired) electrons. The van der Waals surface area contributed by atoms with E-state index in [1.54, 1.807) is 24.3 Å². The van der Waals surface area contributed by atoms with E-state index in [0.29, 0.717) is 28.8 Å². The van der Waals surface area contributed by atoms with Crippen LogP contribution in [0.4, 0.5) is 10.1 Å². The number of halogens is 1. The zero-order valence-corrected chi connectivity index (χ0v) is 22.5. The number of aromatic nitrogens is 3. The van der Waals surface area contributed by atoms with Crippen molar-refractivity contribution in [3.8, 4) is 5.88 Å². The van der Waals surface area contributed by atoms with E-state index in [1.165, 1.54) is 17.4 Å². The Morgan fingerprint density at radius 3 is 2.83 bits per heavy atom. The molecule has 1 N–H and O–H groups in total. The van der Waals surface area contributed by atoms with Crippen molar-refractivity contribution in [2.24, 2.45) is 5.92 Å². The summed E-state index contributed by atoms with van der Waals surface area (Å²) >= 11 is 1.22. The third-order valence-corrected chi connectivity index (χ3v) is 8.51. The number of fused-ring (bicyclic) bond motifs is 1. The van der Waals surface area contributed by atoms with Gasteiger partial charge >= 0.3 is 5.97 Å². The predicted molar refractivity (Wildman–Crippen MR) is 149 cm³/mol. The van der Waals surface area contributed by atoms with Crippen molar-refractivity contribution >= 4 is 38.9 Å². The lowest BCUT2D eigenvalue weighted by atomic mass is 9.86. The molecule has 1 aliphatic carbocycles. The van der Waals surface area contributed by atoms with Crippen molar-refractivity contribution in [2.75, 3.05) is 6.61 Å². The zero-order chi connectivity index (χ0) is 27.6. The molecule has 6 rings (SSSR count). The lowest BCUT2D eigenvalue weighted by Gasteiger charge is -2.28. The molecule has 204 valence electrons. The predicted octanol–water partition coefficient (Wildman–Crippen LogP) is 6.67. The summed E-state index contributed by atoms with van der Waals surface area (Å²) in [7, 11) is 0. The Labute approximate surface area is 234 Å². The van der Waals surface area contributed by atoms with Crippen LogP contribution in [0.25, 0.3) is 20.8 Å². The number of aromatic carboxylic acids is 1. The fourth-order valence-electron chi connectivity index (χ4n) is 5.17. The maximum absolute atomic E-state index is 14.2. The van der Waals surface area contributed by atoms with Crippen LogP contribution in [-0.2, 0) is 24.3 Å². The highest BCUT2D eigenvalue weighted by Crippen LogP contribution is 2.34. The summed E-state index contributed by atoms with van der Waals surface area (Å²) in [6.07, 6.45) is 6.95. The summed E-state index contributed by atoms with van der Waals surface area (Å²) in [5.74, 6) is 0.442. The number of nitrogens with zero attached hydrogens (tertiary/aromatic N) is 4. The van der Waals surface area contributed by atoms with Gasteiger partial charge in [-0.3, -0.25) is 0 Å². The van der Waals surface area contributed by atoms with Gasteiger partial charge < -0.3 is 19.1 Å². The Hall–Kier alpha value is -4.07. The molecular weight excluding hydrogens is 531 g/mol. The summed E-state index contributed by atoms with van der Waals surface area (Å²) in [4.78, 5) is 25.3. The Morgan fingerprint density at radius 2 is 2.12 bits per heavy atom. The number of rotatable bonds is 9. The maximum Gasteiger partial charge on any atom is 0.346 e. The van der Waals surface area contributed by atoms with Gasteiger partial charge in [-0.15, -0.1) is 11.3 Å². The number of allylic oxidation sites excluding steroid dienone is 2. The van der Waals surface area contributed by atoms with E-state index >= 15 is 0 Å². The minimum atomic E-state index is -0.925. The minimum absolute atomic E-state index is 0.0334. The first-order valence-electron chi connectivity index (χ1n) is 13.3. The van der Waals surface area contributed by atoms with Crippen LogP contribution in [0.3, 0.4) is 0 Å². The largest absolute Gasteiger partial charge is 0.477 e. The van der Waals surface area contributed by atoms with E-state index < -0.39 is 11.8 Å². The highest BCUT2D eigenvalue weighted by atomic mass is 32.1. The Kier molecular flexibility index (Phi) is 7.32. The summed E-state index contributed by atoms with van der Waals surface area (Å²) in [6, 6.07) is 11.7. The van der Waals surface area contributed by atoms with Gasteiger partial charge in [0.15, 0.2) is 5.69 Å². The quantitative estimate of drug-likeness (QED) is 0.231. The van der Waals surface area contributed by atoms with Gasteiger partial charge in [0.2, 0.25) is 5.88 Å². The van der Waals surface area contributed by atoms with Crippen LogP contribution < -0.4 is 4.74 Å². The van der Waals surface area contributed by atoms with Crippen molar-refractivity contribution in [1.29, 1.82) is 0 Å². The molecule has 2 atom stereocenters. The number of hydrogen-bond acceptors (Lipinski definition) is 6. The fourth-order valence-corrected chi connectivity index (χ4v) is 6.06. The number of hydrogen-bond donors (Lipinski definition) is 1. The molecule has 1 fully saturated rings. The lowest BCUT2D eigenvalue weighted by molar-refractivity contribution is -0.0590. The highest BCUT2D eigenvalue weighted by molar-refractivity contribution is 7.20. The summed E-state index contributed by atoms with van der Waals surface area (Å²) in [5, 5.41) is 9.42. The summed E-state index contributed by atoms with van der Waals surface area (Å²) in [6.45, 7) is 8.50. The average Bonchev–Trinajstić information content (AvgIpc) is 3.49. The van der Waals surface area contributed by atoms with E-state index in [4.69, 9.17) is 21.0 Å². The topological polar surface area (TPSA) is 90.8 Å². The SMILES string of the molecule is [C-]#[N+]c1ccc(COc2cccc(C3=CCC(Cc4nc5sc(C(=O)O)cc5n4C[C@@H]4CCO4)CC3)n2)c(F)c1. The van der Waals surface area contributed by atoms with Crippen LogP contribution in [0.5, 0.6) is 5.88 Å². The Morgan fingerprint density at radius 1 is 1.25 bits per heavy atom. The molecule has 0 saturated carbocycles. The second-order valence-electron chi connectivity index (χ2n) is 10.1. The zero-order valence-electron chi connectivity index (χ0n) is 21.7. The number of carboxylic acid groups (broad SMARTS) is 1. The molecule has 10 heteroatoms. The first-order valence-corrected chi connectivity index (χ1v) is 14.1. The minimum Gasteiger partial charge on any atom is -0.477 e. The van der Waals surface area contributed by atoms with Gasteiger partial charge in [0.25, 0.3) is 0 Å². The molecule has 0 amide bonds. The molecule has 4 heterocycles. The first kappa shape index (κ1) is 26.2. The molecule has 40 heavy (non-hydrogen) atoms. The molecule has 1 aromatic carbocycles. The Balaban J connectivity index is 1.12. The van der Waals surface area contributed by atoms with Gasteiger partial charge in [-0.25, -0.2) is 24.0 Å². The molecule has 1 unspecified atom stereocenters. The first-order chi connectivity index (χ1) is 19.5. The smallest absolute Gasteiger partial charge is 0.346 e. The monoisotopic (exact) mass is 558 g/mol. The van der Waals surface area contributed by atoms with Crippen LogP contribution in [0.15, 0.2) is 48.5 Å². The molecule has 3 aromatic heterocycles. The number of benzene rings is 1. The van der Waals surface area contributed by atoms with Crippen molar-refractivity contribution in [2.45, 2.75) is 51.4 Å². The normalized spacial score (nSPS) is 18.6. The van der Waals surface area contributed by atoms with E-state index in [2.05, 4.69) is 20.5 Å². The third kappa shape index (κ3) is 5.48. The number of pyridine rings is 1. The molecule has 0 spiro atoms. The fraction of sp³-hybridized carbons (Fsp3) is 0.333. The number of imidazole rings is 1. The van der Waals surface area contributed by atoms with Gasteiger partial charge in [0.05, 0.1) is 30.4 Å². The Bertz CT molecular complexity index is 1650. The van der Waals surface area contributed by atoms with E-state index in [1.807, 2.05) is 12.1 Å². The van der Waals surface area contributed by atoms with Crippen LogP contribution in [-0.4, -0.2) is 38.3 Å². The van der Waals surface area contributed by atoms with E-state index in [-0.39, 0.29) is 18.4 Å². The van der Waals surface area contributed by atoms with E-state index in [0.717, 1.165) is 66.1 Å². The van der Waals surface area contributed by atoms with Crippen LogP contribution in [0.2, 0.25) is 0 Å². The molecule has 1 saturated heterocycles. The van der Waals surface area contributed by atoms with Gasteiger partial charge in [-0.05, 0) is 55.4 Å². The number of carbonyl (C=O) groups is 1. The summed E-state index contributed by atoms with van der Waals surface area (Å²) in [5.41, 5.74) is 3.52. The van der Waals surface area contributed by atoms with Crippen molar-refractivity contribution < 1.29 is 23.8 Å². The number of thiophene rings is 1. The molecular formula is C30H27FN4O4S. The number of ether oxygens (including phenoxy) is 2. The average molecular weight is 559 g/mol. The second-order valence-corrected chi connectivity index (χ2v) is 11.2. The molecule has 0 bridgehead atoms. The van der Waals surface area contributed by atoms with Gasteiger partial charge in [0.1, 0.15) is 28.0 Å². The van der Waals surface area contributed by atoms with Crippen molar-refractivity contribution in [1.82, 2.24) is 14.5 Å². The van der Waals surface area contributed by atoms with Gasteiger partial charge in [-0.1, -0.05) is 24.3 Å². The second kappa shape index (κ2) is 11.2. The maximum atomic E-state index is 14.2. The van der Waals surface area contributed by atoms with Crippen molar-refractivity contribution in [3.63, 3.8) is 0 Å². The third-order valence-electron chi connectivity index (χ3n) is 7.50. The molecule has 1 aliphatic heterocycles. The molecule has 8 nitrogen and oxygen atoms in total.